The number of nitrogens with zero attached hydrogens (tertiary/aromatic N) is 3. The summed E-state index contributed by atoms with van der Waals surface area (Å²) in [6, 6.07) is 0.346. The van der Waals surface area contributed by atoms with Gasteiger partial charge in [-0.2, -0.15) is 0 Å². The van der Waals surface area contributed by atoms with Crippen LogP contribution < -0.4 is 4.74 Å². The minimum Gasteiger partial charge on any atom is -0.480 e. The molecule has 1 N–H and O–H groups in total. The van der Waals surface area contributed by atoms with Crippen LogP contribution in [0.2, 0.25) is 0 Å². The van der Waals surface area contributed by atoms with Gasteiger partial charge in [-0.05, 0) is 13.8 Å². The lowest BCUT2D eigenvalue weighted by Crippen LogP contribution is -2.33. The predicted octanol–water partition coefficient (Wildman–Crippen LogP) is 0.688. The fourth-order valence-corrected chi connectivity index (χ4v) is 1.47. The monoisotopic (exact) mass is 225 g/mol. The van der Waals surface area contributed by atoms with Crippen molar-refractivity contribution >= 4 is 0 Å². The Morgan fingerprint density at radius 1 is 1.38 bits per heavy atom. The second-order valence-corrected chi connectivity index (χ2v) is 3.80. The van der Waals surface area contributed by atoms with Gasteiger partial charge >= 0.3 is 0 Å². The van der Waals surface area contributed by atoms with Crippen LogP contribution in [0.1, 0.15) is 19.5 Å². The Bertz CT molecular complexity index is 318. The molecule has 1 aromatic heterocycles. The average molecular weight is 225 g/mol. The van der Waals surface area contributed by atoms with Gasteiger partial charge in [-0.25, -0.2) is 4.98 Å². The van der Waals surface area contributed by atoms with Gasteiger partial charge in [-0.1, -0.05) is 0 Å². The average Bonchev–Trinajstić information content (AvgIpc) is 2.29. The van der Waals surface area contributed by atoms with Crippen LogP contribution in [0.5, 0.6) is 5.88 Å². The maximum absolute atomic E-state index is 8.98. The zero-order chi connectivity index (χ0) is 12.0. The largest absolute Gasteiger partial charge is 0.480 e. The molecule has 1 rings (SSSR count). The number of aliphatic hydroxyl groups is 1. The van der Waals surface area contributed by atoms with E-state index in [1.54, 1.807) is 19.5 Å². The number of hydrogen-bond donors (Lipinski definition) is 1. The molecular weight excluding hydrogens is 206 g/mol. The van der Waals surface area contributed by atoms with Gasteiger partial charge in [0.05, 0.1) is 13.7 Å². The first-order chi connectivity index (χ1) is 7.69. The van der Waals surface area contributed by atoms with Gasteiger partial charge < -0.3 is 9.84 Å². The highest BCUT2D eigenvalue weighted by Gasteiger charge is 2.13. The van der Waals surface area contributed by atoms with E-state index < -0.39 is 0 Å². The topological polar surface area (TPSA) is 58.5 Å². The number of rotatable bonds is 6. The molecule has 0 aliphatic carbocycles. The fraction of sp³-hybridized carbons (Fsp3) is 0.636. The molecule has 5 nitrogen and oxygen atoms in total. The summed E-state index contributed by atoms with van der Waals surface area (Å²) in [7, 11) is 1.58. The summed E-state index contributed by atoms with van der Waals surface area (Å²) in [5.74, 6) is 0.547. The molecule has 16 heavy (non-hydrogen) atoms. The standard InChI is InChI=1S/C11H19N3O2/c1-9(2)14(6-7-15)8-10-11(16-3)13-5-4-12-10/h4-5,9,15H,6-8H2,1-3H3. The van der Waals surface area contributed by atoms with Crippen LogP contribution in [0.25, 0.3) is 0 Å². The smallest absolute Gasteiger partial charge is 0.236 e. The van der Waals surface area contributed by atoms with Gasteiger partial charge in [0, 0.05) is 31.5 Å². The lowest BCUT2D eigenvalue weighted by Gasteiger charge is -2.25. The summed E-state index contributed by atoms with van der Waals surface area (Å²) in [4.78, 5) is 10.5. The first-order valence-corrected chi connectivity index (χ1v) is 5.37. The normalized spacial score (nSPS) is 11.1. The number of aliphatic hydroxyl groups excluding tert-OH is 1. The Hall–Kier alpha value is -1.20. The molecule has 0 unspecified atom stereocenters. The minimum absolute atomic E-state index is 0.140. The molecule has 0 atom stereocenters. The predicted molar refractivity (Wildman–Crippen MR) is 61.2 cm³/mol. The maximum atomic E-state index is 8.98. The van der Waals surface area contributed by atoms with Crippen LogP contribution in [0.15, 0.2) is 12.4 Å². The summed E-state index contributed by atoms with van der Waals surface area (Å²) >= 11 is 0. The van der Waals surface area contributed by atoms with Crippen molar-refractivity contribution in [2.75, 3.05) is 20.3 Å². The summed E-state index contributed by atoms with van der Waals surface area (Å²) < 4.78 is 5.14. The third kappa shape index (κ3) is 3.43. The highest BCUT2D eigenvalue weighted by molar-refractivity contribution is 5.16. The van der Waals surface area contributed by atoms with Crippen LogP contribution in [0.4, 0.5) is 0 Å². The molecule has 0 radical (unpaired) electrons. The molecule has 0 amide bonds. The molecule has 0 aliphatic heterocycles. The molecule has 90 valence electrons. The Balaban J connectivity index is 2.76. The van der Waals surface area contributed by atoms with E-state index in [1.807, 2.05) is 0 Å². The van der Waals surface area contributed by atoms with E-state index in [0.29, 0.717) is 25.0 Å². The highest BCUT2D eigenvalue weighted by Crippen LogP contribution is 2.14. The van der Waals surface area contributed by atoms with E-state index in [-0.39, 0.29) is 6.61 Å². The third-order valence-corrected chi connectivity index (χ3v) is 2.40. The van der Waals surface area contributed by atoms with Crippen LogP contribution >= 0.6 is 0 Å². The molecule has 0 aromatic carbocycles. The number of ether oxygens (including phenoxy) is 1. The van der Waals surface area contributed by atoms with E-state index in [9.17, 15) is 0 Å². The second kappa shape index (κ2) is 6.40. The summed E-state index contributed by atoms with van der Waals surface area (Å²) in [6.45, 7) is 5.56. The number of aromatic nitrogens is 2. The van der Waals surface area contributed by atoms with E-state index in [2.05, 4.69) is 28.7 Å². The molecule has 1 aromatic rings. The molecule has 1 heterocycles. The lowest BCUT2D eigenvalue weighted by molar-refractivity contribution is 0.156. The second-order valence-electron chi connectivity index (χ2n) is 3.80. The van der Waals surface area contributed by atoms with Crippen molar-refractivity contribution in [3.63, 3.8) is 0 Å². The summed E-state index contributed by atoms with van der Waals surface area (Å²) in [6.07, 6.45) is 3.25. The Morgan fingerprint density at radius 3 is 2.62 bits per heavy atom. The molecule has 0 spiro atoms. The fourth-order valence-electron chi connectivity index (χ4n) is 1.47. The quantitative estimate of drug-likeness (QED) is 0.772. The molecule has 0 fully saturated rings. The van der Waals surface area contributed by atoms with Gasteiger partial charge in [0.15, 0.2) is 0 Å². The van der Waals surface area contributed by atoms with Crippen LogP contribution in [-0.2, 0) is 6.54 Å². The van der Waals surface area contributed by atoms with Crippen molar-refractivity contribution in [2.45, 2.75) is 26.4 Å². The zero-order valence-corrected chi connectivity index (χ0v) is 10.1. The van der Waals surface area contributed by atoms with E-state index in [1.165, 1.54) is 0 Å². The zero-order valence-electron chi connectivity index (χ0n) is 10.1. The van der Waals surface area contributed by atoms with Crippen molar-refractivity contribution < 1.29 is 9.84 Å². The maximum Gasteiger partial charge on any atom is 0.236 e. The summed E-state index contributed by atoms with van der Waals surface area (Å²) in [5, 5.41) is 8.98. The van der Waals surface area contributed by atoms with Crippen molar-refractivity contribution in [3.8, 4) is 5.88 Å². The SMILES string of the molecule is COc1nccnc1CN(CCO)C(C)C. The number of methoxy groups -OCH3 is 1. The minimum atomic E-state index is 0.140. The summed E-state index contributed by atoms with van der Waals surface area (Å²) in [5.41, 5.74) is 0.798. The van der Waals surface area contributed by atoms with E-state index in [0.717, 1.165) is 5.69 Å². The molecular formula is C11H19N3O2. The van der Waals surface area contributed by atoms with Crippen molar-refractivity contribution in [1.82, 2.24) is 14.9 Å². The van der Waals surface area contributed by atoms with Gasteiger partial charge in [0.2, 0.25) is 5.88 Å². The van der Waals surface area contributed by atoms with Crippen molar-refractivity contribution in [3.05, 3.63) is 18.1 Å². The molecule has 5 heteroatoms. The van der Waals surface area contributed by atoms with Crippen LogP contribution in [0.3, 0.4) is 0 Å². The van der Waals surface area contributed by atoms with Crippen LogP contribution in [-0.4, -0.2) is 46.3 Å². The Morgan fingerprint density at radius 2 is 2.06 bits per heavy atom. The van der Waals surface area contributed by atoms with Gasteiger partial charge in [-0.15, -0.1) is 0 Å². The van der Waals surface area contributed by atoms with Crippen LogP contribution in [0, 0.1) is 0 Å². The molecule has 0 bridgehead atoms. The first kappa shape index (κ1) is 12.9. The number of hydrogen-bond acceptors (Lipinski definition) is 5. The van der Waals surface area contributed by atoms with Crippen molar-refractivity contribution in [2.24, 2.45) is 0 Å². The highest BCUT2D eigenvalue weighted by atomic mass is 16.5. The first-order valence-electron chi connectivity index (χ1n) is 5.37. The van der Waals surface area contributed by atoms with Gasteiger partial charge in [0.1, 0.15) is 5.69 Å². The van der Waals surface area contributed by atoms with Crippen molar-refractivity contribution in [1.29, 1.82) is 0 Å². The van der Waals surface area contributed by atoms with Gasteiger partial charge in [0.25, 0.3) is 0 Å². The third-order valence-electron chi connectivity index (χ3n) is 2.40. The molecule has 0 aliphatic rings. The van der Waals surface area contributed by atoms with E-state index >= 15 is 0 Å². The molecule has 0 saturated heterocycles. The van der Waals surface area contributed by atoms with Gasteiger partial charge in [-0.3, -0.25) is 9.88 Å². The molecule has 0 saturated carbocycles. The Labute approximate surface area is 96.1 Å². The lowest BCUT2D eigenvalue weighted by atomic mass is 10.3. The van der Waals surface area contributed by atoms with E-state index in [4.69, 9.17) is 9.84 Å². The Kier molecular flexibility index (Phi) is 5.14.